The number of benzene rings is 1. The van der Waals surface area contributed by atoms with Crippen LogP contribution < -0.4 is 5.73 Å². The highest BCUT2D eigenvalue weighted by molar-refractivity contribution is 6.05. The number of nitrogens with two attached hydrogens (primary N) is 1. The van der Waals surface area contributed by atoms with Gasteiger partial charge in [0.25, 0.3) is 5.91 Å². The Kier molecular flexibility index (Phi) is 3.15. The van der Waals surface area contributed by atoms with Crippen molar-refractivity contribution >= 4 is 16.9 Å². The van der Waals surface area contributed by atoms with Crippen LogP contribution in [-0.4, -0.2) is 30.4 Å². The van der Waals surface area contributed by atoms with Crippen molar-refractivity contribution in [1.82, 2.24) is 4.90 Å². The van der Waals surface area contributed by atoms with Gasteiger partial charge in [-0.05, 0) is 13.0 Å². The molecule has 1 aromatic carbocycles. The zero-order valence-corrected chi connectivity index (χ0v) is 10.0. The Morgan fingerprint density at radius 1 is 1.47 bits per heavy atom. The van der Waals surface area contributed by atoms with Gasteiger partial charge in [0.2, 0.25) is 0 Å². The number of nitrogens with zero attached hydrogens (tertiary/aromatic N) is 1. The van der Waals surface area contributed by atoms with Gasteiger partial charge in [0.05, 0.1) is 5.56 Å². The largest absolute Gasteiger partial charge is 0.463 e. The van der Waals surface area contributed by atoms with Gasteiger partial charge in [-0.2, -0.15) is 0 Å². The Hall–Kier alpha value is -1.81. The molecule has 4 nitrogen and oxygen atoms in total. The molecular weight excluding hydrogens is 216 g/mol. The van der Waals surface area contributed by atoms with Gasteiger partial charge < -0.3 is 15.1 Å². The molecule has 1 unspecified atom stereocenters. The molecule has 1 amide bonds. The number of furan rings is 1. The van der Waals surface area contributed by atoms with E-state index in [0.717, 1.165) is 11.0 Å². The summed E-state index contributed by atoms with van der Waals surface area (Å²) in [5, 5.41) is 0.841. The number of likely N-dealkylation sites (N-methyl/N-ethyl adjacent to an activating group) is 1. The monoisotopic (exact) mass is 232 g/mol. The number of para-hydroxylation sites is 1. The summed E-state index contributed by atoms with van der Waals surface area (Å²) in [5.74, 6) is -0.0621. The van der Waals surface area contributed by atoms with Gasteiger partial charge in [-0.3, -0.25) is 4.79 Å². The number of hydrogen-bond donors (Lipinski definition) is 1. The second-order valence-corrected chi connectivity index (χ2v) is 4.15. The number of rotatable bonds is 3. The highest BCUT2D eigenvalue weighted by Crippen LogP contribution is 2.22. The molecule has 90 valence electrons. The summed E-state index contributed by atoms with van der Waals surface area (Å²) in [6.45, 7) is 2.36. The summed E-state index contributed by atoms with van der Waals surface area (Å²) in [4.78, 5) is 13.9. The van der Waals surface area contributed by atoms with Gasteiger partial charge in [-0.1, -0.05) is 18.2 Å². The molecule has 0 radical (unpaired) electrons. The van der Waals surface area contributed by atoms with Gasteiger partial charge >= 0.3 is 0 Å². The van der Waals surface area contributed by atoms with E-state index in [1.165, 1.54) is 6.26 Å². The molecule has 2 N–H and O–H groups in total. The van der Waals surface area contributed by atoms with Crippen LogP contribution in [0, 0.1) is 0 Å². The van der Waals surface area contributed by atoms with Crippen LogP contribution in [0.1, 0.15) is 17.3 Å². The fraction of sp³-hybridized carbons (Fsp3) is 0.308. The minimum absolute atomic E-state index is 0.0103. The number of hydrogen-bond acceptors (Lipinski definition) is 3. The Bertz CT molecular complexity index is 533. The molecule has 1 heterocycles. The molecule has 0 saturated heterocycles. The molecule has 17 heavy (non-hydrogen) atoms. The first-order valence-electron chi connectivity index (χ1n) is 5.58. The maximum absolute atomic E-state index is 12.2. The zero-order chi connectivity index (χ0) is 12.4. The molecule has 2 aromatic rings. The maximum Gasteiger partial charge on any atom is 0.257 e. The number of amides is 1. The van der Waals surface area contributed by atoms with Crippen LogP contribution >= 0.6 is 0 Å². The van der Waals surface area contributed by atoms with E-state index in [4.69, 9.17) is 10.2 Å². The molecule has 0 saturated carbocycles. The molecular formula is C13H16N2O2. The standard InChI is InChI=1S/C13H16N2O2/c1-9(7-14)15(2)13(16)11-8-17-12-6-4-3-5-10(11)12/h3-6,8-9H,7,14H2,1-2H3. The summed E-state index contributed by atoms with van der Waals surface area (Å²) in [6.07, 6.45) is 1.51. The lowest BCUT2D eigenvalue weighted by Gasteiger charge is -2.23. The molecule has 0 aliphatic carbocycles. The van der Waals surface area contributed by atoms with Gasteiger partial charge in [0.15, 0.2) is 0 Å². The Morgan fingerprint density at radius 3 is 2.88 bits per heavy atom. The van der Waals surface area contributed by atoms with Crippen LogP contribution in [0.15, 0.2) is 34.9 Å². The number of carbonyl (C=O) groups excluding carboxylic acids is 1. The summed E-state index contributed by atoms with van der Waals surface area (Å²) in [7, 11) is 1.75. The average molecular weight is 232 g/mol. The van der Waals surface area contributed by atoms with Gasteiger partial charge in [0.1, 0.15) is 11.8 Å². The van der Waals surface area contributed by atoms with Crippen molar-refractivity contribution in [3.8, 4) is 0 Å². The lowest BCUT2D eigenvalue weighted by atomic mass is 10.1. The predicted octanol–water partition coefficient (Wildman–Crippen LogP) is 1.85. The molecule has 0 bridgehead atoms. The molecule has 0 fully saturated rings. The first kappa shape index (κ1) is 11.7. The van der Waals surface area contributed by atoms with Crippen LogP contribution in [0.25, 0.3) is 11.0 Å². The normalized spacial score (nSPS) is 12.6. The number of carbonyl (C=O) groups is 1. The van der Waals surface area contributed by atoms with E-state index in [-0.39, 0.29) is 11.9 Å². The fourth-order valence-electron chi connectivity index (χ4n) is 1.69. The van der Waals surface area contributed by atoms with Crippen LogP contribution in [0.5, 0.6) is 0 Å². The minimum atomic E-state index is -0.0621. The van der Waals surface area contributed by atoms with Crippen molar-refractivity contribution < 1.29 is 9.21 Å². The van der Waals surface area contributed by atoms with Crippen molar-refractivity contribution in [3.63, 3.8) is 0 Å². The smallest absolute Gasteiger partial charge is 0.257 e. The molecule has 1 aromatic heterocycles. The third-order valence-electron chi connectivity index (χ3n) is 3.03. The second kappa shape index (κ2) is 4.59. The van der Waals surface area contributed by atoms with E-state index in [2.05, 4.69) is 0 Å². The van der Waals surface area contributed by atoms with Crippen LogP contribution in [0.2, 0.25) is 0 Å². The van der Waals surface area contributed by atoms with Crippen molar-refractivity contribution in [2.45, 2.75) is 13.0 Å². The summed E-state index contributed by atoms with van der Waals surface area (Å²) < 4.78 is 5.35. The molecule has 1 atom stereocenters. The van der Waals surface area contributed by atoms with E-state index in [0.29, 0.717) is 12.1 Å². The second-order valence-electron chi connectivity index (χ2n) is 4.15. The third kappa shape index (κ3) is 2.03. The maximum atomic E-state index is 12.2. The zero-order valence-electron chi connectivity index (χ0n) is 10.0. The van der Waals surface area contributed by atoms with Crippen molar-refractivity contribution in [3.05, 3.63) is 36.1 Å². The Morgan fingerprint density at radius 2 is 2.18 bits per heavy atom. The molecule has 4 heteroatoms. The molecule has 0 aliphatic rings. The predicted molar refractivity (Wildman–Crippen MR) is 66.8 cm³/mol. The van der Waals surface area contributed by atoms with Crippen LogP contribution in [0.3, 0.4) is 0 Å². The van der Waals surface area contributed by atoms with Crippen molar-refractivity contribution in [1.29, 1.82) is 0 Å². The lowest BCUT2D eigenvalue weighted by molar-refractivity contribution is 0.0749. The van der Waals surface area contributed by atoms with Gasteiger partial charge in [0, 0.05) is 25.0 Å². The summed E-state index contributed by atoms with van der Waals surface area (Å²) in [5.41, 5.74) is 6.87. The summed E-state index contributed by atoms with van der Waals surface area (Å²) in [6, 6.07) is 7.51. The van der Waals surface area contributed by atoms with E-state index >= 15 is 0 Å². The Balaban J connectivity index is 2.37. The fourth-order valence-corrected chi connectivity index (χ4v) is 1.69. The highest BCUT2D eigenvalue weighted by Gasteiger charge is 2.20. The first-order chi connectivity index (χ1) is 8.15. The van der Waals surface area contributed by atoms with Gasteiger partial charge in [-0.15, -0.1) is 0 Å². The SMILES string of the molecule is CC(CN)N(C)C(=O)c1coc2ccccc12. The molecule has 2 rings (SSSR count). The van der Waals surface area contributed by atoms with Crippen molar-refractivity contribution in [2.75, 3.05) is 13.6 Å². The average Bonchev–Trinajstić information content (AvgIpc) is 2.79. The highest BCUT2D eigenvalue weighted by atomic mass is 16.3. The van der Waals surface area contributed by atoms with E-state index < -0.39 is 0 Å². The third-order valence-corrected chi connectivity index (χ3v) is 3.03. The topological polar surface area (TPSA) is 59.5 Å². The molecule has 0 aliphatic heterocycles. The quantitative estimate of drug-likeness (QED) is 0.878. The minimum Gasteiger partial charge on any atom is -0.463 e. The number of fused-ring (bicyclic) bond motifs is 1. The van der Waals surface area contributed by atoms with Gasteiger partial charge in [-0.25, -0.2) is 0 Å². The first-order valence-corrected chi connectivity index (χ1v) is 5.58. The Labute approximate surface area is 100.0 Å². The van der Waals surface area contributed by atoms with E-state index in [1.54, 1.807) is 11.9 Å². The van der Waals surface area contributed by atoms with Crippen LogP contribution in [0.4, 0.5) is 0 Å². The molecule has 0 spiro atoms. The van der Waals surface area contributed by atoms with Crippen LogP contribution in [-0.2, 0) is 0 Å². The summed E-state index contributed by atoms with van der Waals surface area (Å²) >= 11 is 0. The van der Waals surface area contributed by atoms with Crippen molar-refractivity contribution in [2.24, 2.45) is 5.73 Å². The lowest BCUT2D eigenvalue weighted by Crippen LogP contribution is -2.39. The van der Waals surface area contributed by atoms with E-state index in [1.807, 2.05) is 31.2 Å². The van der Waals surface area contributed by atoms with E-state index in [9.17, 15) is 4.79 Å².